The molecule has 17 heavy (non-hydrogen) atoms. The lowest BCUT2D eigenvalue weighted by Crippen LogP contribution is -1.91. The van der Waals surface area contributed by atoms with E-state index in [9.17, 15) is 5.11 Å². The lowest BCUT2D eigenvalue weighted by atomic mass is 10.1. The Balaban J connectivity index is 2.33. The van der Waals surface area contributed by atoms with Crippen molar-refractivity contribution in [2.45, 2.75) is 0 Å². The van der Waals surface area contributed by atoms with Crippen LogP contribution in [0.15, 0.2) is 48.7 Å². The summed E-state index contributed by atoms with van der Waals surface area (Å²) in [5, 5.41) is 9.41. The topological polar surface area (TPSA) is 63.5 Å². The first-order valence-electron chi connectivity index (χ1n) is 5.27. The summed E-state index contributed by atoms with van der Waals surface area (Å²) in [6, 6.07) is 13.0. The molecule has 0 fully saturated rings. The second-order valence-corrected chi connectivity index (χ2v) is 3.82. The Morgan fingerprint density at radius 2 is 1.88 bits per heavy atom. The number of nitrogens with two attached hydrogens (primary N) is 1. The third-order valence-corrected chi connectivity index (χ3v) is 2.68. The molecule has 2 heterocycles. The lowest BCUT2D eigenvalue weighted by Gasteiger charge is -2.02. The van der Waals surface area contributed by atoms with E-state index in [1.165, 1.54) is 0 Å². The molecule has 4 nitrogen and oxygen atoms in total. The van der Waals surface area contributed by atoms with Crippen LogP contribution in [0.5, 0.6) is 5.75 Å². The third kappa shape index (κ3) is 1.50. The van der Waals surface area contributed by atoms with Gasteiger partial charge in [-0.3, -0.25) is 4.40 Å². The van der Waals surface area contributed by atoms with Crippen molar-refractivity contribution in [3.05, 3.63) is 48.7 Å². The van der Waals surface area contributed by atoms with Crippen LogP contribution >= 0.6 is 0 Å². The van der Waals surface area contributed by atoms with E-state index in [1.807, 2.05) is 34.7 Å². The van der Waals surface area contributed by atoms with Crippen LogP contribution in [0.25, 0.3) is 16.9 Å². The van der Waals surface area contributed by atoms with Crippen LogP contribution in [0.3, 0.4) is 0 Å². The van der Waals surface area contributed by atoms with Crippen molar-refractivity contribution >= 4 is 11.5 Å². The molecule has 0 bridgehead atoms. The van der Waals surface area contributed by atoms with Gasteiger partial charge in [-0.05, 0) is 6.07 Å². The van der Waals surface area contributed by atoms with E-state index < -0.39 is 0 Å². The minimum Gasteiger partial charge on any atom is -0.508 e. The van der Waals surface area contributed by atoms with Crippen molar-refractivity contribution < 1.29 is 5.11 Å². The highest BCUT2D eigenvalue weighted by Crippen LogP contribution is 2.27. The Morgan fingerprint density at radius 3 is 2.65 bits per heavy atom. The summed E-state index contributed by atoms with van der Waals surface area (Å²) in [6.45, 7) is 0. The second kappa shape index (κ2) is 3.52. The van der Waals surface area contributed by atoms with Gasteiger partial charge in [-0.1, -0.05) is 30.3 Å². The van der Waals surface area contributed by atoms with Gasteiger partial charge in [-0.15, -0.1) is 0 Å². The first kappa shape index (κ1) is 9.72. The maximum Gasteiger partial charge on any atom is 0.150 e. The zero-order chi connectivity index (χ0) is 11.8. The van der Waals surface area contributed by atoms with Crippen LogP contribution in [-0.2, 0) is 0 Å². The number of nitrogens with zero attached hydrogens (tertiary/aromatic N) is 2. The van der Waals surface area contributed by atoms with E-state index in [-0.39, 0.29) is 5.75 Å². The summed E-state index contributed by atoms with van der Waals surface area (Å²) in [6.07, 6.45) is 1.76. The predicted molar refractivity (Wildman–Crippen MR) is 66.7 cm³/mol. The highest BCUT2D eigenvalue weighted by atomic mass is 16.3. The van der Waals surface area contributed by atoms with Gasteiger partial charge in [0, 0.05) is 17.8 Å². The standard InChI is InChI=1S/C13H11N3O/c14-13-12(9-4-2-1-3-5-9)16-7-6-10(17)8-11(16)15-13/h1-8,17H,14H2. The zero-order valence-corrected chi connectivity index (χ0v) is 9.04. The van der Waals surface area contributed by atoms with E-state index in [0.29, 0.717) is 11.5 Å². The number of hydrogen-bond acceptors (Lipinski definition) is 3. The molecule has 0 saturated heterocycles. The van der Waals surface area contributed by atoms with Gasteiger partial charge < -0.3 is 10.8 Å². The van der Waals surface area contributed by atoms with E-state index >= 15 is 0 Å². The first-order valence-corrected chi connectivity index (χ1v) is 5.27. The van der Waals surface area contributed by atoms with Gasteiger partial charge in [0.25, 0.3) is 0 Å². The molecule has 0 radical (unpaired) electrons. The van der Waals surface area contributed by atoms with Crippen LogP contribution < -0.4 is 5.73 Å². The van der Waals surface area contributed by atoms with Crippen LogP contribution in [0.2, 0.25) is 0 Å². The van der Waals surface area contributed by atoms with Crippen LogP contribution in [0.1, 0.15) is 0 Å². The normalized spacial score (nSPS) is 10.8. The van der Waals surface area contributed by atoms with Gasteiger partial charge >= 0.3 is 0 Å². The maximum atomic E-state index is 9.41. The Labute approximate surface area is 98.0 Å². The summed E-state index contributed by atoms with van der Waals surface area (Å²) in [4.78, 5) is 4.23. The summed E-state index contributed by atoms with van der Waals surface area (Å²) in [7, 11) is 0. The number of hydrogen-bond donors (Lipinski definition) is 2. The number of pyridine rings is 1. The highest BCUT2D eigenvalue weighted by molar-refractivity contribution is 5.75. The van der Waals surface area contributed by atoms with Crippen LogP contribution in [0.4, 0.5) is 5.82 Å². The first-order chi connectivity index (χ1) is 8.25. The van der Waals surface area contributed by atoms with Gasteiger partial charge in [0.05, 0.1) is 5.69 Å². The number of aromatic hydroxyl groups is 1. The number of aromatic nitrogens is 2. The SMILES string of the molecule is Nc1nc2cc(O)ccn2c1-c1ccccc1. The number of imidazole rings is 1. The molecule has 3 N–H and O–H groups in total. The molecule has 2 aromatic heterocycles. The molecular formula is C13H11N3O. The largest absolute Gasteiger partial charge is 0.508 e. The lowest BCUT2D eigenvalue weighted by molar-refractivity contribution is 0.475. The monoisotopic (exact) mass is 225 g/mol. The van der Waals surface area contributed by atoms with Crippen LogP contribution in [-0.4, -0.2) is 14.5 Å². The molecule has 0 saturated carbocycles. The molecule has 0 aliphatic carbocycles. The van der Waals surface area contributed by atoms with E-state index in [2.05, 4.69) is 4.98 Å². The number of fused-ring (bicyclic) bond motifs is 1. The van der Waals surface area contributed by atoms with Crippen molar-refractivity contribution in [3.8, 4) is 17.0 Å². The van der Waals surface area contributed by atoms with Crippen molar-refractivity contribution in [3.63, 3.8) is 0 Å². The number of rotatable bonds is 1. The van der Waals surface area contributed by atoms with Gasteiger partial charge in [-0.25, -0.2) is 4.98 Å². The van der Waals surface area contributed by atoms with Crippen molar-refractivity contribution in [2.24, 2.45) is 0 Å². The highest BCUT2D eigenvalue weighted by Gasteiger charge is 2.11. The molecular weight excluding hydrogens is 214 g/mol. The van der Waals surface area contributed by atoms with Crippen molar-refractivity contribution in [2.75, 3.05) is 5.73 Å². The summed E-state index contributed by atoms with van der Waals surface area (Å²) >= 11 is 0. The molecule has 3 rings (SSSR count). The number of anilines is 1. The molecule has 84 valence electrons. The Kier molecular flexibility index (Phi) is 2.01. The Bertz CT molecular complexity index is 674. The maximum absolute atomic E-state index is 9.41. The Morgan fingerprint density at radius 1 is 1.12 bits per heavy atom. The van der Waals surface area contributed by atoms with Gasteiger partial charge in [-0.2, -0.15) is 0 Å². The van der Waals surface area contributed by atoms with Crippen molar-refractivity contribution in [1.82, 2.24) is 9.38 Å². The third-order valence-electron chi connectivity index (χ3n) is 2.68. The number of nitrogen functional groups attached to an aromatic ring is 1. The predicted octanol–water partition coefficient (Wildman–Crippen LogP) is 2.29. The molecule has 0 atom stereocenters. The van der Waals surface area contributed by atoms with Crippen LogP contribution in [0, 0.1) is 0 Å². The molecule has 0 amide bonds. The van der Waals surface area contributed by atoms with Gasteiger partial charge in [0.1, 0.15) is 11.4 Å². The Hall–Kier alpha value is -2.49. The molecule has 0 unspecified atom stereocenters. The summed E-state index contributed by atoms with van der Waals surface area (Å²) < 4.78 is 1.87. The molecule has 0 spiro atoms. The molecule has 1 aromatic carbocycles. The average molecular weight is 225 g/mol. The van der Waals surface area contributed by atoms with Crippen molar-refractivity contribution in [1.29, 1.82) is 0 Å². The molecule has 0 aliphatic rings. The fourth-order valence-electron chi connectivity index (χ4n) is 1.94. The number of benzene rings is 1. The van der Waals surface area contributed by atoms with E-state index in [4.69, 9.17) is 5.73 Å². The van der Waals surface area contributed by atoms with E-state index in [1.54, 1.807) is 18.3 Å². The summed E-state index contributed by atoms with van der Waals surface area (Å²) in [5.41, 5.74) is 8.41. The smallest absolute Gasteiger partial charge is 0.150 e. The molecule has 0 aliphatic heterocycles. The zero-order valence-electron chi connectivity index (χ0n) is 9.04. The minimum absolute atomic E-state index is 0.183. The fourth-order valence-corrected chi connectivity index (χ4v) is 1.94. The minimum atomic E-state index is 0.183. The molecule has 3 aromatic rings. The van der Waals surface area contributed by atoms with Gasteiger partial charge in [0.2, 0.25) is 0 Å². The van der Waals surface area contributed by atoms with E-state index in [0.717, 1.165) is 11.3 Å². The average Bonchev–Trinajstić information content (AvgIpc) is 2.65. The quantitative estimate of drug-likeness (QED) is 0.667. The van der Waals surface area contributed by atoms with Gasteiger partial charge in [0.15, 0.2) is 5.82 Å². The fraction of sp³-hybridized carbons (Fsp3) is 0. The molecule has 4 heteroatoms. The summed E-state index contributed by atoms with van der Waals surface area (Å²) in [5.74, 6) is 0.643. The second-order valence-electron chi connectivity index (χ2n) is 3.82.